The van der Waals surface area contributed by atoms with Gasteiger partial charge in [0.25, 0.3) is 0 Å². The van der Waals surface area contributed by atoms with Gasteiger partial charge >= 0.3 is 0 Å². The number of nitrogens with one attached hydrogen (secondary N) is 1. The predicted octanol–water partition coefficient (Wildman–Crippen LogP) is 4.21. The van der Waals surface area contributed by atoms with Crippen LogP contribution < -0.4 is 5.32 Å². The molecule has 0 amide bonds. The highest BCUT2D eigenvalue weighted by molar-refractivity contribution is 9.10. The molecule has 1 heterocycles. The first-order valence-electron chi connectivity index (χ1n) is 6.83. The first-order valence-corrected chi connectivity index (χ1v) is 8.00. The Kier molecular flexibility index (Phi) is 5.64. The quantitative estimate of drug-likeness (QED) is 0.840. The van der Waals surface area contributed by atoms with Crippen LogP contribution in [-0.4, -0.2) is 16.3 Å². The number of hydrogen-bond acceptors (Lipinski definition) is 2. The second-order valence-corrected chi connectivity index (χ2v) is 5.95. The minimum absolute atomic E-state index is 0.267. The summed E-state index contributed by atoms with van der Waals surface area (Å²) < 4.78 is 2.89. The number of rotatable bonds is 6. The normalized spacial score (nSPS) is 12.6. The van der Waals surface area contributed by atoms with E-state index in [1.54, 1.807) is 0 Å². The minimum Gasteiger partial charge on any atom is -0.310 e. The van der Waals surface area contributed by atoms with Crippen LogP contribution in [-0.2, 0) is 13.0 Å². The fraction of sp³-hybridized carbons (Fsp3) is 0.400. The summed E-state index contributed by atoms with van der Waals surface area (Å²) in [4.78, 5) is 0. The van der Waals surface area contributed by atoms with Crippen molar-refractivity contribution in [2.45, 2.75) is 32.9 Å². The van der Waals surface area contributed by atoms with Crippen LogP contribution in [0.3, 0.4) is 0 Å². The molecule has 0 spiro atoms. The first-order chi connectivity index (χ1) is 9.63. The summed E-state index contributed by atoms with van der Waals surface area (Å²) in [5.74, 6) is 0. The van der Waals surface area contributed by atoms with Crippen molar-refractivity contribution in [3.8, 4) is 0 Å². The van der Waals surface area contributed by atoms with Crippen molar-refractivity contribution in [1.82, 2.24) is 15.1 Å². The summed E-state index contributed by atoms with van der Waals surface area (Å²) in [6.45, 7) is 6.04. The lowest BCUT2D eigenvalue weighted by Gasteiger charge is -2.18. The second-order valence-electron chi connectivity index (χ2n) is 4.69. The number of nitrogens with zero attached hydrogens (tertiary/aromatic N) is 2. The van der Waals surface area contributed by atoms with Crippen LogP contribution in [0.25, 0.3) is 0 Å². The highest BCUT2D eigenvalue weighted by Crippen LogP contribution is 2.27. The molecule has 0 bridgehead atoms. The van der Waals surface area contributed by atoms with Crippen LogP contribution in [0.15, 0.2) is 35.1 Å². The van der Waals surface area contributed by atoms with E-state index in [0.717, 1.165) is 29.0 Å². The third-order valence-electron chi connectivity index (χ3n) is 3.25. The average Bonchev–Trinajstić information content (AvgIpc) is 2.89. The van der Waals surface area contributed by atoms with Crippen LogP contribution in [0, 0.1) is 0 Å². The molecule has 1 N–H and O–H groups in total. The van der Waals surface area contributed by atoms with Gasteiger partial charge in [-0.05, 0) is 59.1 Å². The highest BCUT2D eigenvalue weighted by Gasteiger charge is 2.13. The van der Waals surface area contributed by atoms with Crippen LogP contribution in [0.1, 0.15) is 31.0 Å². The molecular weight excluding hydrogens is 338 g/mol. The van der Waals surface area contributed by atoms with Gasteiger partial charge in [0.1, 0.15) is 0 Å². The van der Waals surface area contributed by atoms with E-state index in [4.69, 9.17) is 11.6 Å². The zero-order valence-corrected chi connectivity index (χ0v) is 14.1. The van der Waals surface area contributed by atoms with E-state index in [0.29, 0.717) is 0 Å². The van der Waals surface area contributed by atoms with Crippen LogP contribution in [0.4, 0.5) is 0 Å². The smallest absolute Gasteiger partial charge is 0.0548 e. The Balaban J connectivity index is 2.19. The van der Waals surface area contributed by atoms with Crippen LogP contribution in [0.5, 0.6) is 0 Å². The molecule has 2 aromatic rings. The van der Waals surface area contributed by atoms with Crippen molar-refractivity contribution in [3.05, 3.63) is 51.2 Å². The molecule has 0 saturated heterocycles. The van der Waals surface area contributed by atoms with Gasteiger partial charge in [-0.1, -0.05) is 24.6 Å². The van der Waals surface area contributed by atoms with Crippen molar-refractivity contribution in [2.75, 3.05) is 6.54 Å². The SMILES string of the molecule is CCNC(Cc1cnn(CC)c1)c1ccc(Cl)c(Br)c1. The molecule has 0 fully saturated rings. The van der Waals surface area contributed by atoms with Crippen molar-refractivity contribution in [2.24, 2.45) is 0 Å². The molecule has 0 saturated carbocycles. The average molecular weight is 357 g/mol. The lowest BCUT2D eigenvalue weighted by atomic mass is 10.0. The van der Waals surface area contributed by atoms with E-state index in [9.17, 15) is 0 Å². The van der Waals surface area contributed by atoms with Gasteiger partial charge in [-0.3, -0.25) is 4.68 Å². The Bertz CT molecular complexity index is 568. The van der Waals surface area contributed by atoms with Gasteiger partial charge in [0.05, 0.1) is 11.2 Å². The zero-order valence-electron chi connectivity index (χ0n) is 11.7. The lowest BCUT2D eigenvalue weighted by Crippen LogP contribution is -2.22. The largest absolute Gasteiger partial charge is 0.310 e. The number of aromatic nitrogens is 2. The predicted molar refractivity (Wildman–Crippen MR) is 87.2 cm³/mol. The molecule has 108 valence electrons. The number of halogens is 2. The molecule has 3 nitrogen and oxygen atoms in total. The Hall–Kier alpha value is -0.840. The van der Waals surface area contributed by atoms with Gasteiger partial charge in [-0.15, -0.1) is 0 Å². The fourth-order valence-corrected chi connectivity index (χ4v) is 2.72. The van der Waals surface area contributed by atoms with Crippen LogP contribution in [0.2, 0.25) is 5.02 Å². The van der Waals surface area contributed by atoms with Gasteiger partial charge in [0.2, 0.25) is 0 Å². The molecule has 2 rings (SSSR count). The number of hydrogen-bond donors (Lipinski definition) is 1. The summed E-state index contributed by atoms with van der Waals surface area (Å²) in [5.41, 5.74) is 2.47. The third-order valence-corrected chi connectivity index (χ3v) is 4.46. The fourth-order valence-electron chi connectivity index (χ4n) is 2.20. The topological polar surface area (TPSA) is 29.9 Å². The monoisotopic (exact) mass is 355 g/mol. The molecule has 0 aliphatic rings. The molecule has 0 aliphatic heterocycles. The lowest BCUT2D eigenvalue weighted by molar-refractivity contribution is 0.549. The molecule has 1 unspecified atom stereocenters. The van der Waals surface area contributed by atoms with Gasteiger partial charge in [-0.25, -0.2) is 0 Å². The van der Waals surface area contributed by atoms with E-state index in [-0.39, 0.29) is 6.04 Å². The van der Waals surface area contributed by atoms with E-state index in [2.05, 4.69) is 58.5 Å². The van der Waals surface area contributed by atoms with Crippen molar-refractivity contribution < 1.29 is 0 Å². The van der Waals surface area contributed by atoms with E-state index >= 15 is 0 Å². The van der Waals surface area contributed by atoms with Gasteiger partial charge in [0.15, 0.2) is 0 Å². The molecule has 0 aliphatic carbocycles. The maximum atomic E-state index is 6.06. The Labute approximate surface area is 133 Å². The van der Waals surface area contributed by atoms with Crippen molar-refractivity contribution in [1.29, 1.82) is 0 Å². The summed E-state index contributed by atoms with van der Waals surface area (Å²) in [6, 6.07) is 6.36. The standard InChI is InChI=1S/C15H19BrClN3/c1-3-18-15(7-11-9-19-20(4-2)10-11)12-5-6-14(17)13(16)8-12/h5-6,8-10,15,18H,3-4,7H2,1-2H3. The van der Waals surface area contributed by atoms with E-state index in [1.807, 2.05) is 16.9 Å². The molecule has 0 radical (unpaired) electrons. The van der Waals surface area contributed by atoms with Gasteiger partial charge < -0.3 is 5.32 Å². The first kappa shape index (κ1) is 15.5. The third kappa shape index (κ3) is 3.84. The number of aryl methyl sites for hydroxylation is 1. The van der Waals surface area contributed by atoms with Crippen molar-refractivity contribution >= 4 is 27.5 Å². The zero-order chi connectivity index (χ0) is 14.5. The molecule has 20 heavy (non-hydrogen) atoms. The Morgan fingerprint density at radius 3 is 2.80 bits per heavy atom. The van der Waals surface area contributed by atoms with E-state index in [1.165, 1.54) is 11.1 Å². The maximum absolute atomic E-state index is 6.06. The van der Waals surface area contributed by atoms with Gasteiger partial charge in [-0.2, -0.15) is 5.10 Å². The van der Waals surface area contributed by atoms with Crippen molar-refractivity contribution in [3.63, 3.8) is 0 Å². The maximum Gasteiger partial charge on any atom is 0.0548 e. The summed E-state index contributed by atoms with van der Waals surface area (Å²) in [5, 5.41) is 8.59. The molecule has 1 aromatic carbocycles. The van der Waals surface area contributed by atoms with Crippen LogP contribution >= 0.6 is 27.5 Å². The molecule has 1 atom stereocenters. The summed E-state index contributed by atoms with van der Waals surface area (Å²) in [6.07, 6.45) is 4.97. The molecular formula is C15H19BrClN3. The second kappa shape index (κ2) is 7.25. The highest BCUT2D eigenvalue weighted by atomic mass is 79.9. The van der Waals surface area contributed by atoms with E-state index < -0.39 is 0 Å². The minimum atomic E-state index is 0.267. The summed E-state index contributed by atoms with van der Waals surface area (Å²) >= 11 is 9.55. The molecule has 5 heteroatoms. The Morgan fingerprint density at radius 1 is 1.40 bits per heavy atom. The molecule has 1 aromatic heterocycles. The Morgan fingerprint density at radius 2 is 2.20 bits per heavy atom. The summed E-state index contributed by atoms with van der Waals surface area (Å²) in [7, 11) is 0. The number of benzene rings is 1. The number of likely N-dealkylation sites (N-methyl/N-ethyl adjacent to an activating group) is 1. The van der Waals surface area contributed by atoms with Gasteiger partial charge in [0, 0.05) is 23.3 Å².